The van der Waals surface area contributed by atoms with Gasteiger partial charge in [-0.3, -0.25) is 0 Å². The Kier molecular flexibility index (Phi) is 3.80. The zero-order valence-electron chi connectivity index (χ0n) is 12.1. The highest BCUT2D eigenvalue weighted by Gasteiger charge is 2.32. The third-order valence-electron chi connectivity index (χ3n) is 3.95. The lowest BCUT2D eigenvalue weighted by Crippen LogP contribution is -2.45. The zero-order valence-corrected chi connectivity index (χ0v) is 13.0. The van der Waals surface area contributed by atoms with E-state index in [9.17, 15) is 18.6 Å². The van der Waals surface area contributed by atoms with E-state index in [0.29, 0.717) is 10.8 Å². The van der Waals surface area contributed by atoms with E-state index >= 15 is 0 Å². The second kappa shape index (κ2) is 5.53. The molecule has 0 amide bonds. The fraction of sp³-hybridized carbons (Fsp3) is 0.286. The standard InChI is InChI=1S/C14H17N3O5S/c15-12-11(10-7-17(5-6-22-10)23(16,20)21)13(18)8-3-1-2-4-9(8)14(12)19/h1-4,10,18-19H,5-7,15H2,(H2,16,20,21). The predicted octanol–water partition coefficient (Wildman–Crippen LogP) is 0.410. The van der Waals surface area contributed by atoms with Crippen molar-refractivity contribution in [2.45, 2.75) is 6.10 Å². The van der Waals surface area contributed by atoms with Crippen LogP contribution in [-0.2, 0) is 14.9 Å². The van der Waals surface area contributed by atoms with Gasteiger partial charge in [-0.2, -0.15) is 12.7 Å². The minimum atomic E-state index is -3.88. The van der Waals surface area contributed by atoms with Gasteiger partial charge in [0, 0.05) is 23.9 Å². The molecule has 1 unspecified atom stereocenters. The summed E-state index contributed by atoms with van der Waals surface area (Å²) in [5.41, 5.74) is 6.07. The van der Waals surface area contributed by atoms with Crippen molar-refractivity contribution < 1.29 is 23.4 Å². The number of phenolic OH excluding ortho intramolecular Hbond substituents is 2. The second-order valence-electron chi connectivity index (χ2n) is 5.33. The number of ether oxygens (including phenoxy) is 1. The Hall–Kier alpha value is -2.07. The molecule has 23 heavy (non-hydrogen) atoms. The lowest BCUT2D eigenvalue weighted by atomic mass is 9.97. The molecule has 9 heteroatoms. The summed E-state index contributed by atoms with van der Waals surface area (Å²) < 4.78 is 29.6. The molecule has 124 valence electrons. The predicted molar refractivity (Wildman–Crippen MR) is 85.1 cm³/mol. The zero-order chi connectivity index (χ0) is 16.8. The van der Waals surface area contributed by atoms with E-state index in [4.69, 9.17) is 15.6 Å². The fourth-order valence-electron chi connectivity index (χ4n) is 2.80. The highest BCUT2D eigenvalue weighted by atomic mass is 32.2. The number of hydrogen-bond acceptors (Lipinski definition) is 6. The summed E-state index contributed by atoms with van der Waals surface area (Å²) in [5.74, 6) is -0.318. The Morgan fingerprint density at radius 3 is 2.39 bits per heavy atom. The second-order valence-corrected chi connectivity index (χ2v) is 6.88. The normalized spacial score (nSPS) is 20.0. The molecule has 6 N–H and O–H groups in total. The molecule has 0 saturated carbocycles. The van der Waals surface area contributed by atoms with E-state index in [2.05, 4.69) is 0 Å². The first-order valence-corrected chi connectivity index (χ1v) is 8.42. The first-order chi connectivity index (χ1) is 10.8. The van der Waals surface area contributed by atoms with E-state index < -0.39 is 16.3 Å². The summed E-state index contributed by atoms with van der Waals surface area (Å²) in [7, 11) is -3.88. The van der Waals surface area contributed by atoms with E-state index in [-0.39, 0.29) is 42.4 Å². The summed E-state index contributed by atoms with van der Waals surface area (Å²) in [6.07, 6.45) is -0.822. The van der Waals surface area contributed by atoms with Gasteiger partial charge in [-0.05, 0) is 0 Å². The maximum atomic E-state index is 11.5. The number of phenols is 2. The largest absolute Gasteiger partial charge is 0.507 e. The van der Waals surface area contributed by atoms with Crippen LogP contribution in [0.4, 0.5) is 5.69 Å². The van der Waals surface area contributed by atoms with Crippen LogP contribution in [0.1, 0.15) is 11.7 Å². The van der Waals surface area contributed by atoms with E-state index in [1.807, 2.05) is 0 Å². The van der Waals surface area contributed by atoms with Crippen molar-refractivity contribution in [1.82, 2.24) is 4.31 Å². The van der Waals surface area contributed by atoms with Gasteiger partial charge in [-0.25, -0.2) is 5.14 Å². The van der Waals surface area contributed by atoms with Crippen molar-refractivity contribution in [1.29, 1.82) is 0 Å². The first-order valence-electron chi connectivity index (χ1n) is 6.92. The molecule has 1 fully saturated rings. The topological polar surface area (TPSA) is 139 Å². The van der Waals surface area contributed by atoms with Crippen LogP contribution in [0.2, 0.25) is 0 Å². The monoisotopic (exact) mass is 339 g/mol. The molecule has 1 aliphatic rings. The van der Waals surface area contributed by atoms with Gasteiger partial charge in [-0.1, -0.05) is 24.3 Å². The quantitative estimate of drug-likeness (QED) is 0.355. The molecular formula is C14H17N3O5S. The highest BCUT2D eigenvalue weighted by Crippen LogP contribution is 2.45. The van der Waals surface area contributed by atoms with Crippen LogP contribution in [0.5, 0.6) is 11.5 Å². The molecule has 2 aromatic rings. The van der Waals surface area contributed by atoms with Crippen LogP contribution in [0.25, 0.3) is 10.8 Å². The third kappa shape index (κ3) is 2.68. The summed E-state index contributed by atoms with van der Waals surface area (Å²) in [5, 5.41) is 26.8. The Morgan fingerprint density at radius 2 is 1.78 bits per heavy atom. The molecule has 0 spiro atoms. The molecule has 2 aromatic carbocycles. The molecule has 1 aliphatic heterocycles. The molecule has 0 radical (unpaired) electrons. The number of morpholine rings is 1. The summed E-state index contributed by atoms with van der Waals surface area (Å²) in [4.78, 5) is 0. The van der Waals surface area contributed by atoms with Crippen LogP contribution in [0.3, 0.4) is 0 Å². The van der Waals surface area contributed by atoms with E-state index in [0.717, 1.165) is 4.31 Å². The smallest absolute Gasteiger partial charge is 0.277 e. The van der Waals surface area contributed by atoms with Crippen LogP contribution in [-0.4, -0.2) is 42.6 Å². The number of fused-ring (bicyclic) bond motifs is 1. The van der Waals surface area contributed by atoms with Gasteiger partial charge in [0.25, 0.3) is 10.2 Å². The average Bonchev–Trinajstić information content (AvgIpc) is 2.52. The van der Waals surface area contributed by atoms with Gasteiger partial charge in [0.15, 0.2) is 0 Å². The average molecular weight is 339 g/mol. The molecule has 0 bridgehead atoms. The summed E-state index contributed by atoms with van der Waals surface area (Å²) in [6, 6.07) is 6.68. The minimum Gasteiger partial charge on any atom is -0.507 e. The molecule has 1 saturated heterocycles. The number of nitrogens with zero attached hydrogens (tertiary/aromatic N) is 1. The highest BCUT2D eigenvalue weighted by molar-refractivity contribution is 7.86. The van der Waals surface area contributed by atoms with Gasteiger partial charge in [0.05, 0.1) is 17.9 Å². The number of aromatic hydroxyl groups is 2. The maximum Gasteiger partial charge on any atom is 0.277 e. The number of nitrogen functional groups attached to an aromatic ring is 1. The van der Waals surface area contributed by atoms with Crippen molar-refractivity contribution in [2.24, 2.45) is 5.14 Å². The molecular weight excluding hydrogens is 322 g/mol. The van der Waals surface area contributed by atoms with Crippen LogP contribution in [0, 0.1) is 0 Å². The van der Waals surface area contributed by atoms with E-state index in [1.54, 1.807) is 24.3 Å². The number of hydrogen-bond donors (Lipinski definition) is 4. The lowest BCUT2D eigenvalue weighted by Gasteiger charge is -2.32. The molecule has 0 aromatic heterocycles. The molecule has 8 nitrogen and oxygen atoms in total. The molecule has 0 aliphatic carbocycles. The van der Waals surface area contributed by atoms with Crippen molar-refractivity contribution in [3.8, 4) is 11.5 Å². The lowest BCUT2D eigenvalue weighted by molar-refractivity contribution is -0.00323. The molecule has 3 rings (SSSR count). The van der Waals surface area contributed by atoms with Gasteiger partial charge >= 0.3 is 0 Å². The summed E-state index contributed by atoms with van der Waals surface area (Å²) >= 11 is 0. The fourth-order valence-corrected chi connectivity index (χ4v) is 3.47. The van der Waals surface area contributed by atoms with Crippen LogP contribution in [0.15, 0.2) is 24.3 Å². The van der Waals surface area contributed by atoms with Crippen LogP contribution >= 0.6 is 0 Å². The van der Waals surface area contributed by atoms with Crippen LogP contribution < -0.4 is 10.9 Å². The SMILES string of the molecule is Nc1c(C2CN(S(N)(=O)=O)CCO2)c(O)c2ccccc2c1O. The maximum absolute atomic E-state index is 11.5. The van der Waals surface area contributed by atoms with Gasteiger partial charge < -0.3 is 20.7 Å². The van der Waals surface area contributed by atoms with Crippen molar-refractivity contribution in [2.75, 3.05) is 25.4 Å². The Labute approximate surface area is 133 Å². The van der Waals surface area contributed by atoms with Gasteiger partial charge in [-0.15, -0.1) is 0 Å². The minimum absolute atomic E-state index is 0.0394. The molecule has 1 atom stereocenters. The number of rotatable bonds is 2. The Bertz CT molecular complexity index is 868. The molecule has 1 heterocycles. The number of anilines is 1. The Balaban J connectivity index is 2.13. The van der Waals surface area contributed by atoms with E-state index in [1.165, 1.54) is 0 Å². The van der Waals surface area contributed by atoms with Gasteiger partial charge in [0.1, 0.15) is 17.6 Å². The van der Waals surface area contributed by atoms with Crippen molar-refractivity contribution in [3.05, 3.63) is 29.8 Å². The van der Waals surface area contributed by atoms with Crippen molar-refractivity contribution in [3.63, 3.8) is 0 Å². The number of benzene rings is 2. The third-order valence-corrected chi connectivity index (χ3v) is 5.00. The van der Waals surface area contributed by atoms with Crippen molar-refractivity contribution >= 4 is 26.7 Å². The Morgan fingerprint density at radius 1 is 1.17 bits per heavy atom. The number of nitrogens with two attached hydrogens (primary N) is 2. The van der Waals surface area contributed by atoms with Gasteiger partial charge in [0.2, 0.25) is 0 Å². The summed E-state index contributed by atoms with van der Waals surface area (Å²) in [6.45, 7) is 0.136. The first kappa shape index (κ1) is 15.8.